The van der Waals surface area contributed by atoms with E-state index in [9.17, 15) is 13.5 Å². The minimum atomic E-state index is -3.43. The molecule has 3 rings (SSSR count). The van der Waals surface area contributed by atoms with Gasteiger partial charge < -0.3 is 9.52 Å². The van der Waals surface area contributed by atoms with Gasteiger partial charge in [-0.2, -0.15) is 17.0 Å². The highest BCUT2D eigenvalue weighted by atomic mass is 32.2. The number of piperidine rings is 1. The lowest BCUT2D eigenvalue weighted by Gasteiger charge is -2.35. The summed E-state index contributed by atoms with van der Waals surface area (Å²) in [6, 6.07) is 3.30. The smallest absolute Gasteiger partial charge is 0.282 e. The summed E-state index contributed by atoms with van der Waals surface area (Å²) in [5.74, 6) is 0.911. The van der Waals surface area contributed by atoms with E-state index in [2.05, 4.69) is 6.92 Å². The molecule has 0 bridgehead atoms. The Kier molecular flexibility index (Phi) is 5.10. The lowest BCUT2D eigenvalue weighted by atomic mass is 10.0. The Balaban J connectivity index is 1.70. The molecule has 1 N–H and O–H groups in total. The summed E-state index contributed by atoms with van der Waals surface area (Å²) in [5.41, 5.74) is 0. The van der Waals surface area contributed by atoms with Crippen molar-refractivity contribution in [2.75, 3.05) is 19.6 Å². The predicted octanol–water partition coefficient (Wildman–Crippen LogP) is 2.14. The van der Waals surface area contributed by atoms with Crippen molar-refractivity contribution < 1.29 is 17.9 Å². The Labute approximate surface area is 138 Å². The van der Waals surface area contributed by atoms with Crippen molar-refractivity contribution >= 4 is 10.2 Å². The molecule has 3 heterocycles. The van der Waals surface area contributed by atoms with Crippen LogP contribution in [0.2, 0.25) is 0 Å². The molecule has 130 valence electrons. The second kappa shape index (κ2) is 6.93. The molecule has 2 aliphatic rings. The molecule has 7 heteroatoms. The van der Waals surface area contributed by atoms with Crippen molar-refractivity contribution in [1.29, 1.82) is 0 Å². The Bertz CT molecular complexity index is 602. The van der Waals surface area contributed by atoms with Crippen molar-refractivity contribution in [3.63, 3.8) is 0 Å². The van der Waals surface area contributed by atoms with E-state index in [1.54, 1.807) is 20.7 Å². The zero-order chi connectivity index (χ0) is 16.4. The molecule has 23 heavy (non-hydrogen) atoms. The van der Waals surface area contributed by atoms with Gasteiger partial charge in [0, 0.05) is 25.7 Å². The number of rotatable bonds is 5. The summed E-state index contributed by atoms with van der Waals surface area (Å²) < 4.78 is 34.4. The van der Waals surface area contributed by atoms with Crippen LogP contribution in [0.3, 0.4) is 0 Å². The molecule has 0 spiro atoms. The maximum absolute atomic E-state index is 13.0. The number of hydrogen-bond donors (Lipinski definition) is 1. The maximum Gasteiger partial charge on any atom is 0.282 e. The van der Waals surface area contributed by atoms with E-state index in [4.69, 9.17) is 4.42 Å². The molecule has 2 saturated heterocycles. The van der Waals surface area contributed by atoms with Crippen LogP contribution < -0.4 is 0 Å². The van der Waals surface area contributed by atoms with Crippen LogP contribution in [-0.2, 0) is 10.2 Å². The summed E-state index contributed by atoms with van der Waals surface area (Å²) in [7, 11) is -3.43. The van der Waals surface area contributed by atoms with Crippen LogP contribution >= 0.6 is 0 Å². The van der Waals surface area contributed by atoms with Gasteiger partial charge in [0.1, 0.15) is 11.9 Å². The standard InChI is InChI=1S/C16H26N2O4S/c1-13-5-2-8-17(12-13)23(20,21)18-9-3-6-14(18)11-15(19)16-7-4-10-22-16/h4,7,10,13-15,19H,2-3,5-6,8-9,11-12H2,1H3/t13-,14+,15-/m1/s1. The molecule has 0 unspecified atom stereocenters. The molecule has 6 nitrogen and oxygen atoms in total. The second-order valence-electron chi connectivity index (χ2n) is 6.79. The van der Waals surface area contributed by atoms with Crippen molar-refractivity contribution in [2.24, 2.45) is 5.92 Å². The Morgan fingerprint density at radius 1 is 1.35 bits per heavy atom. The van der Waals surface area contributed by atoms with Crippen LogP contribution in [0.15, 0.2) is 22.8 Å². The van der Waals surface area contributed by atoms with E-state index in [0.717, 1.165) is 25.7 Å². The first-order valence-electron chi connectivity index (χ1n) is 8.47. The van der Waals surface area contributed by atoms with Gasteiger partial charge >= 0.3 is 0 Å². The maximum atomic E-state index is 13.0. The van der Waals surface area contributed by atoms with Gasteiger partial charge in [-0.15, -0.1) is 0 Å². The molecule has 0 radical (unpaired) electrons. The number of furan rings is 1. The van der Waals surface area contributed by atoms with Crippen molar-refractivity contribution in [1.82, 2.24) is 8.61 Å². The summed E-state index contributed by atoms with van der Waals surface area (Å²) in [5, 5.41) is 10.3. The number of aliphatic hydroxyl groups excluding tert-OH is 1. The van der Waals surface area contributed by atoms with Crippen LogP contribution in [0.5, 0.6) is 0 Å². The van der Waals surface area contributed by atoms with Crippen molar-refractivity contribution in [3.05, 3.63) is 24.2 Å². The SMILES string of the molecule is C[C@@H]1CCCN(S(=O)(=O)N2CCC[C@H]2C[C@@H](O)c2ccco2)C1. The third kappa shape index (κ3) is 3.63. The van der Waals surface area contributed by atoms with Crippen LogP contribution in [0.1, 0.15) is 50.9 Å². The van der Waals surface area contributed by atoms with Crippen LogP contribution in [0.4, 0.5) is 0 Å². The normalized spacial score (nSPS) is 29.0. The van der Waals surface area contributed by atoms with Gasteiger partial charge in [-0.05, 0) is 50.2 Å². The van der Waals surface area contributed by atoms with Crippen LogP contribution in [0.25, 0.3) is 0 Å². The van der Waals surface area contributed by atoms with E-state index in [0.29, 0.717) is 37.7 Å². The van der Waals surface area contributed by atoms with Crippen LogP contribution in [-0.4, -0.2) is 47.8 Å². The fraction of sp³-hybridized carbons (Fsp3) is 0.750. The molecular weight excluding hydrogens is 316 g/mol. The van der Waals surface area contributed by atoms with E-state index in [-0.39, 0.29) is 6.04 Å². The first-order valence-corrected chi connectivity index (χ1v) is 9.86. The zero-order valence-corrected chi connectivity index (χ0v) is 14.4. The van der Waals surface area contributed by atoms with Gasteiger partial charge in [-0.3, -0.25) is 0 Å². The number of aliphatic hydroxyl groups is 1. The molecule has 0 aliphatic carbocycles. The van der Waals surface area contributed by atoms with Crippen molar-refractivity contribution in [2.45, 2.75) is 51.2 Å². The molecule has 1 aromatic heterocycles. The zero-order valence-electron chi connectivity index (χ0n) is 13.6. The largest absolute Gasteiger partial charge is 0.467 e. The summed E-state index contributed by atoms with van der Waals surface area (Å²) >= 11 is 0. The van der Waals surface area contributed by atoms with Gasteiger partial charge in [0.2, 0.25) is 0 Å². The van der Waals surface area contributed by atoms with Crippen LogP contribution in [0, 0.1) is 5.92 Å². The minimum Gasteiger partial charge on any atom is -0.467 e. The monoisotopic (exact) mass is 342 g/mol. The molecule has 0 aromatic carbocycles. The quantitative estimate of drug-likeness (QED) is 0.890. The highest BCUT2D eigenvalue weighted by Crippen LogP contribution is 2.32. The molecule has 2 fully saturated rings. The third-order valence-electron chi connectivity index (χ3n) is 4.93. The molecular formula is C16H26N2O4S. The average molecular weight is 342 g/mol. The van der Waals surface area contributed by atoms with E-state index < -0.39 is 16.3 Å². The Morgan fingerprint density at radius 3 is 2.83 bits per heavy atom. The Hall–Kier alpha value is -0.890. The molecule has 0 saturated carbocycles. The van der Waals surface area contributed by atoms with E-state index in [1.807, 2.05) is 0 Å². The van der Waals surface area contributed by atoms with Gasteiger partial charge in [-0.25, -0.2) is 0 Å². The topological polar surface area (TPSA) is 74.0 Å². The fourth-order valence-corrected chi connectivity index (χ4v) is 5.73. The van der Waals surface area contributed by atoms with Gasteiger partial charge in [0.25, 0.3) is 10.2 Å². The van der Waals surface area contributed by atoms with Gasteiger partial charge in [-0.1, -0.05) is 6.92 Å². The lowest BCUT2D eigenvalue weighted by molar-refractivity contribution is 0.117. The van der Waals surface area contributed by atoms with Gasteiger partial charge in [0.05, 0.1) is 6.26 Å². The number of hydrogen-bond acceptors (Lipinski definition) is 4. The molecule has 3 atom stereocenters. The molecule has 1 aromatic rings. The summed E-state index contributed by atoms with van der Waals surface area (Å²) in [4.78, 5) is 0. The molecule has 0 amide bonds. The van der Waals surface area contributed by atoms with E-state index >= 15 is 0 Å². The predicted molar refractivity (Wildman–Crippen MR) is 86.9 cm³/mol. The summed E-state index contributed by atoms with van der Waals surface area (Å²) in [6.45, 7) is 3.86. The van der Waals surface area contributed by atoms with Crippen molar-refractivity contribution in [3.8, 4) is 0 Å². The minimum absolute atomic E-state index is 0.155. The highest BCUT2D eigenvalue weighted by Gasteiger charge is 2.40. The highest BCUT2D eigenvalue weighted by molar-refractivity contribution is 7.86. The third-order valence-corrected chi connectivity index (χ3v) is 6.99. The Morgan fingerprint density at radius 2 is 2.13 bits per heavy atom. The lowest BCUT2D eigenvalue weighted by Crippen LogP contribution is -2.49. The number of nitrogens with zero attached hydrogens (tertiary/aromatic N) is 2. The first-order chi connectivity index (χ1) is 11.0. The summed E-state index contributed by atoms with van der Waals surface area (Å²) in [6.07, 6.45) is 4.80. The van der Waals surface area contributed by atoms with Gasteiger partial charge in [0.15, 0.2) is 0 Å². The van der Waals surface area contributed by atoms with E-state index in [1.165, 1.54) is 6.26 Å². The first kappa shape index (κ1) is 17.0. The molecule has 2 aliphatic heterocycles. The second-order valence-corrected chi connectivity index (χ2v) is 8.67. The fourth-order valence-electron chi connectivity index (χ4n) is 3.71. The average Bonchev–Trinajstić information content (AvgIpc) is 3.18.